The van der Waals surface area contributed by atoms with E-state index in [0.29, 0.717) is 18.2 Å². The Morgan fingerprint density at radius 3 is 2.75 bits per heavy atom. The molecule has 0 radical (unpaired) electrons. The van der Waals surface area contributed by atoms with Gasteiger partial charge in [-0.25, -0.2) is 9.48 Å². The second kappa shape index (κ2) is 14.4. The van der Waals surface area contributed by atoms with Crippen LogP contribution < -0.4 is 10.6 Å². The Morgan fingerprint density at radius 1 is 1.40 bits per heavy atom. The Labute approximate surface area is 248 Å². The first-order chi connectivity index (χ1) is 18.2. The molecule has 0 spiro atoms. The maximum absolute atomic E-state index is 13.2. The Hall–Kier alpha value is -3.26. The average Bonchev–Trinajstić information content (AvgIpc) is 3.48. The van der Waals surface area contributed by atoms with Crippen LogP contribution in [-0.4, -0.2) is 109 Å². The number of nitrogens with zero attached hydrogens (tertiary/aromatic N) is 9. The predicted molar refractivity (Wildman–Crippen MR) is 148 cm³/mol. The number of hydrogen-bond acceptors (Lipinski definition) is 15. The van der Waals surface area contributed by atoms with Crippen LogP contribution in [0.25, 0.3) is 0 Å². The largest absolute Gasteiger partial charge is 0.512 e. The van der Waals surface area contributed by atoms with Crippen molar-refractivity contribution in [2.45, 2.75) is 28.9 Å². The molecule has 220 valence electrons. The molecule has 2 aliphatic rings. The normalized spacial score (nSPS) is 18.1. The number of oxazole rings is 1. The van der Waals surface area contributed by atoms with E-state index in [4.69, 9.17) is 14.9 Å². The number of tetrazole rings is 1. The molecule has 40 heavy (non-hydrogen) atoms. The molecule has 1 saturated heterocycles. The van der Waals surface area contributed by atoms with E-state index in [0.717, 1.165) is 6.21 Å². The molecule has 0 aromatic carbocycles. The Kier molecular flexibility index (Phi) is 11.9. The van der Waals surface area contributed by atoms with E-state index in [9.17, 15) is 19.5 Å². The van der Waals surface area contributed by atoms with Crippen molar-refractivity contribution in [1.82, 2.24) is 35.0 Å². The zero-order valence-corrected chi connectivity index (χ0v) is 24.5. The molecule has 2 atom stereocenters. The van der Waals surface area contributed by atoms with Gasteiger partial charge in [0, 0.05) is 17.9 Å². The maximum atomic E-state index is 13.2. The van der Waals surface area contributed by atoms with Crippen molar-refractivity contribution in [3.63, 3.8) is 0 Å². The number of oxime groups is 1. The zero-order valence-electron chi connectivity index (χ0n) is 21.3. The van der Waals surface area contributed by atoms with E-state index >= 15 is 0 Å². The SMILES string of the molecule is CO/N=C\C(=O)N(c1coc(N)n1)C1S[C@H]2CC(=O)N2C(OC(=O)O)=C1CSc1nnnn1CCN(C)C.Cl.Cl. The molecule has 4 rings (SSSR count). The highest BCUT2D eigenvalue weighted by Gasteiger charge is 2.50. The molecule has 3 N–H and O–H groups in total. The smallest absolute Gasteiger partial charge is 0.449 e. The van der Waals surface area contributed by atoms with Gasteiger partial charge < -0.3 is 29.7 Å². The van der Waals surface area contributed by atoms with Crippen LogP contribution in [0.3, 0.4) is 0 Å². The van der Waals surface area contributed by atoms with Crippen molar-refractivity contribution >= 4 is 84.4 Å². The lowest BCUT2D eigenvalue weighted by Gasteiger charge is -2.48. The standard InChI is InChI=1S/C19H24N10O7S2.2ClH/c1-26(2)4-5-27-18(23-24-25-27)37-9-10-15(36-19(32)33)29-12(30)6-14(29)38-16(10)28(13(31)7-21-34-3)11-8-35-17(20)22-11;;/h7-8,14,16H,4-6,9H2,1-3H3,(H2,20,22)(H,32,33);2*1H/b21-7-;;/t14-,16?;;/m0../s1. The number of anilines is 2. The summed E-state index contributed by atoms with van der Waals surface area (Å²) >= 11 is 2.41. The molecule has 2 aromatic heterocycles. The van der Waals surface area contributed by atoms with Crippen molar-refractivity contribution in [3.05, 3.63) is 17.7 Å². The second-order valence-electron chi connectivity index (χ2n) is 8.06. The highest BCUT2D eigenvalue weighted by atomic mass is 35.5. The van der Waals surface area contributed by atoms with Gasteiger partial charge in [-0.3, -0.25) is 19.4 Å². The number of hydrogen-bond donors (Lipinski definition) is 2. The molecule has 0 bridgehead atoms. The molecule has 1 fully saturated rings. The van der Waals surface area contributed by atoms with E-state index in [-0.39, 0.29) is 66.2 Å². The molecule has 4 heterocycles. The van der Waals surface area contributed by atoms with Crippen molar-refractivity contribution in [3.8, 4) is 0 Å². The van der Waals surface area contributed by atoms with E-state index in [2.05, 4.69) is 30.5 Å². The first-order valence-corrected chi connectivity index (χ1v) is 12.9. The first-order valence-electron chi connectivity index (χ1n) is 10.9. The highest BCUT2D eigenvalue weighted by molar-refractivity contribution is 8.01. The molecule has 2 aliphatic heterocycles. The number of likely N-dealkylation sites (N-methyl/N-ethyl adjacent to an activating group) is 1. The summed E-state index contributed by atoms with van der Waals surface area (Å²) in [6, 6.07) is -0.190. The number of aromatic nitrogens is 5. The third-order valence-corrected chi connectivity index (χ3v) is 7.73. The van der Waals surface area contributed by atoms with Crippen LogP contribution in [0.1, 0.15) is 6.42 Å². The van der Waals surface area contributed by atoms with Gasteiger partial charge >= 0.3 is 6.16 Å². The lowest BCUT2D eigenvalue weighted by atomic mass is 10.1. The highest BCUT2D eigenvalue weighted by Crippen LogP contribution is 2.47. The molecule has 0 aliphatic carbocycles. The number of ether oxygens (including phenoxy) is 1. The minimum Gasteiger partial charge on any atom is -0.449 e. The fraction of sp³-hybridized carbons (Fsp3) is 0.474. The fourth-order valence-electron chi connectivity index (χ4n) is 3.55. The third kappa shape index (κ3) is 7.27. The van der Waals surface area contributed by atoms with Gasteiger partial charge in [-0.05, 0) is 24.5 Å². The van der Waals surface area contributed by atoms with E-state index in [1.54, 1.807) is 4.68 Å². The minimum atomic E-state index is -1.62. The topological polar surface area (TPSA) is 208 Å². The van der Waals surface area contributed by atoms with Crippen molar-refractivity contribution < 1.29 is 33.5 Å². The Bertz CT molecular complexity index is 1270. The van der Waals surface area contributed by atoms with Crippen LogP contribution in [0.15, 0.2) is 32.4 Å². The van der Waals surface area contributed by atoms with Gasteiger partial charge in [0.15, 0.2) is 5.82 Å². The summed E-state index contributed by atoms with van der Waals surface area (Å²) in [6.45, 7) is 1.17. The van der Waals surface area contributed by atoms with Gasteiger partial charge in [-0.2, -0.15) is 4.98 Å². The number of nitrogen functional groups attached to an aromatic ring is 1. The monoisotopic (exact) mass is 640 g/mol. The maximum Gasteiger partial charge on any atom is 0.512 e. The number of carboxylic acid groups (broad SMARTS) is 1. The lowest BCUT2D eigenvalue weighted by Crippen LogP contribution is -2.57. The van der Waals surface area contributed by atoms with Gasteiger partial charge in [0.05, 0.1) is 18.3 Å². The Balaban J connectivity index is 0.00000280. The van der Waals surface area contributed by atoms with Crippen LogP contribution in [0.2, 0.25) is 0 Å². The van der Waals surface area contributed by atoms with Crippen LogP contribution >= 0.6 is 48.3 Å². The summed E-state index contributed by atoms with van der Waals surface area (Å²) in [5.74, 6) is -1.08. The molecule has 2 aromatic rings. The summed E-state index contributed by atoms with van der Waals surface area (Å²) in [4.78, 5) is 50.5. The number of halogens is 2. The summed E-state index contributed by atoms with van der Waals surface area (Å²) in [5, 5.41) is 23.9. The number of fused-ring (bicyclic) bond motifs is 1. The van der Waals surface area contributed by atoms with Crippen molar-refractivity contribution in [2.24, 2.45) is 5.16 Å². The quantitative estimate of drug-likeness (QED) is 0.115. The average molecular weight is 642 g/mol. The number of carbonyl (C=O) groups is 3. The zero-order chi connectivity index (χ0) is 27.4. The lowest BCUT2D eigenvalue weighted by molar-refractivity contribution is -0.141. The third-order valence-electron chi connectivity index (χ3n) is 5.28. The van der Waals surface area contributed by atoms with Crippen molar-refractivity contribution in [2.75, 3.05) is 44.1 Å². The van der Waals surface area contributed by atoms with E-state index in [1.807, 2.05) is 19.0 Å². The second-order valence-corrected chi connectivity index (χ2v) is 10.3. The van der Waals surface area contributed by atoms with Gasteiger partial charge in [0.2, 0.25) is 16.9 Å². The van der Waals surface area contributed by atoms with Gasteiger partial charge in [-0.15, -0.1) is 41.7 Å². The van der Waals surface area contributed by atoms with Gasteiger partial charge in [0.25, 0.3) is 11.9 Å². The minimum absolute atomic E-state index is 0. The number of nitrogens with two attached hydrogens (primary N) is 1. The summed E-state index contributed by atoms with van der Waals surface area (Å²) in [5.41, 5.74) is 5.95. The van der Waals surface area contributed by atoms with Crippen LogP contribution in [0.4, 0.5) is 16.6 Å². The molecular formula is C19H26Cl2N10O7S2. The van der Waals surface area contributed by atoms with E-state index < -0.39 is 22.8 Å². The first kappa shape index (κ1) is 32.9. The molecule has 17 nitrogen and oxygen atoms in total. The molecule has 21 heteroatoms. The van der Waals surface area contributed by atoms with Crippen molar-refractivity contribution in [1.29, 1.82) is 0 Å². The summed E-state index contributed by atoms with van der Waals surface area (Å²) in [6.07, 6.45) is 0.601. The Morgan fingerprint density at radius 2 is 2.15 bits per heavy atom. The number of rotatable bonds is 11. The van der Waals surface area contributed by atoms with Gasteiger partial charge in [-0.1, -0.05) is 16.9 Å². The number of β-lactam (4-membered cyclic amide) rings is 1. The van der Waals surface area contributed by atoms with Crippen LogP contribution in [0.5, 0.6) is 0 Å². The number of thioether (sulfide) groups is 2. The van der Waals surface area contributed by atoms with E-state index in [1.165, 1.54) is 46.7 Å². The van der Waals surface area contributed by atoms with Crippen LogP contribution in [0, 0.1) is 0 Å². The molecule has 0 saturated carbocycles. The molecule has 1 unspecified atom stereocenters. The summed E-state index contributed by atoms with van der Waals surface area (Å²) < 4.78 is 11.8. The number of carbonyl (C=O) groups excluding carboxylic acids is 2. The number of amides is 2. The molecular weight excluding hydrogens is 615 g/mol. The fourth-order valence-corrected chi connectivity index (χ4v) is 6.15. The summed E-state index contributed by atoms with van der Waals surface area (Å²) in [7, 11) is 5.10. The molecule has 2 amide bonds. The predicted octanol–water partition coefficient (Wildman–Crippen LogP) is 0.943. The van der Waals surface area contributed by atoms with Gasteiger partial charge in [0.1, 0.15) is 25.0 Å². The van der Waals surface area contributed by atoms with Crippen LogP contribution in [-0.2, 0) is 25.7 Å².